The molecule has 3 aromatic rings. The van der Waals surface area contributed by atoms with E-state index in [1.165, 1.54) is 36.7 Å². The molecule has 0 aliphatic rings. The number of nitrogens with zero attached hydrogens (tertiary/aromatic N) is 2. The van der Waals surface area contributed by atoms with Crippen molar-refractivity contribution in [2.75, 3.05) is 17.7 Å². The van der Waals surface area contributed by atoms with Crippen LogP contribution in [0.15, 0.2) is 54.9 Å². The van der Waals surface area contributed by atoms with E-state index in [4.69, 9.17) is 10.5 Å². The van der Waals surface area contributed by atoms with E-state index >= 15 is 0 Å². The van der Waals surface area contributed by atoms with Crippen LogP contribution in [0.25, 0.3) is 0 Å². The summed E-state index contributed by atoms with van der Waals surface area (Å²) in [4.78, 5) is 32.2. The number of rotatable bonds is 7. The summed E-state index contributed by atoms with van der Waals surface area (Å²) < 4.78 is 33.0. The summed E-state index contributed by atoms with van der Waals surface area (Å²) in [6, 6.07) is 9.99. The SMILES string of the molecule is CNc1cc(Oc2ccc(C(C(N)=O)C(=O)Nc3ccc(F)cc3)cc2F)ncn1. The van der Waals surface area contributed by atoms with Crippen LogP contribution in [0.2, 0.25) is 0 Å². The maximum atomic E-state index is 14.6. The van der Waals surface area contributed by atoms with Crippen molar-refractivity contribution in [3.63, 3.8) is 0 Å². The Bertz CT molecular complexity index is 1080. The zero-order valence-electron chi connectivity index (χ0n) is 15.7. The first-order valence-electron chi connectivity index (χ1n) is 8.70. The topological polar surface area (TPSA) is 119 Å². The molecule has 2 amide bonds. The van der Waals surface area contributed by atoms with Crippen LogP contribution in [0.1, 0.15) is 11.5 Å². The van der Waals surface area contributed by atoms with Crippen LogP contribution in [0, 0.1) is 11.6 Å². The molecule has 0 saturated heterocycles. The Hall–Kier alpha value is -4.08. The van der Waals surface area contributed by atoms with Crippen molar-refractivity contribution in [2.24, 2.45) is 5.73 Å². The number of carbonyl (C=O) groups is 2. The van der Waals surface area contributed by atoms with E-state index in [-0.39, 0.29) is 22.9 Å². The van der Waals surface area contributed by atoms with E-state index in [1.54, 1.807) is 7.05 Å². The molecule has 0 spiro atoms. The van der Waals surface area contributed by atoms with Crippen LogP contribution >= 0.6 is 0 Å². The van der Waals surface area contributed by atoms with Gasteiger partial charge in [-0.1, -0.05) is 6.07 Å². The minimum atomic E-state index is -1.46. The normalized spacial score (nSPS) is 11.4. The Kier molecular flexibility index (Phi) is 6.16. The second kappa shape index (κ2) is 8.95. The van der Waals surface area contributed by atoms with E-state index in [0.29, 0.717) is 5.82 Å². The number of amides is 2. The Balaban J connectivity index is 1.81. The van der Waals surface area contributed by atoms with Gasteiger partial charge in [-0.2, -0.15) is 0 Å². The second-order valence-corrected chi connectivity index (χ2v) is 6.11. The molecule has 0 saturated carbocycles. The van der Waals surface area contributed by atoms with Gasteiger partial charge in [-0.25, -0.2) is 18.7 Å². The van der Waals surface area contributed by atoms with Gasteiger partial charge in [0.2, 0.25) is 17.7 Å². The minimum Gasteiger partial charge on any atom is -0.436 e. The number of anilines is 2. The standard InChI is InChI=1S/C20H17F2N5O3/c1-24-16-9-17(26-10-25-16)30-15-7-2-11(8-14(15)22)18(19(23)28)20(29)27-13-5-3-12(21)4-6-13/h2-10,18H,1H3,(H2,23,28)(H,27,29)(H,24,25,26). The van der Waals surface area contributed by atoms with Gasteiger partial charge < -0.3 is 21.1 Å². The van der Waals surface area contributed by atoms with Crippen LogP contribution in [-0.2, 0) is 9.59 Å². The van der Waals surface area contributed by atoms with Crippen molar-refractivity contribution in [2.45, 2.75) is 5.92 Å². The molecule has 1 heterocycles. The molecular weight excluding hydrogens is 396 g/mol. The van der Waals surface area contributed by atoms with E-state index in [2.05, 4.69) is 20.6 Å². The molecule has 0 aliphatic heterocycles. The van der Waals surface area contributed by atoms with Gasteiger partial charge in [0.05, 0.1) is 0 Å². The number of benzene rings is 2. The lowest BCUT2D eigenvalue weighted by molar-refractivity contribution is -0.127. The van der Waals surface area contributed by atoms with Crippen LogP contribution < -0.4 is 21.1 Å². The Morgan fingerprint density at radius 3 is 2.43 bits per heavy atom. The van der Waals surface area contributed by atoms with Crippen molar-refractivity contribution in [3.05, 3.63) is 72.1 Å². The van der Waals surface area contributed by atoms with Crippen molar-refractivity contribution < 1.29 is 23.1 Å². The molecule has 0 radical (unpaired) electrons. The lowest BCUT2D eigenvalue weighted by atomic mass is 9.97. The maximum Gasteiger partial charge on any atom is 0.241 e. The highest BCUT2D eigenvalue weighted by Gasteiger charge is 2.27. The average Bonchev–Trinajstić information content (AvgIpc) is 2.72. The Morgan fingerprint density at radius 1 is 1.07 bits per heavy atom. The molecule has 1 atom stereocenters. The summed E-state index contributed by atoms with van der Waals surface area (Å²) in [5.41, 5.74) is 5.65. The number of hydrogen-bond donors (Lipinski definition) is 3. The van der Waals surface area contributed by atoms with E-state index < -0.39 is 29.4 Å². The van der Waals surface area contributed by atoms with Gasteiger partial charge in [0.15, 0.2) is 11.6 Å². The van der Waals surface area contributed by atoms with Crippen LogP contribution in [0.5, 0.6) is 11.6 Å². The number of primary amides is 1. The zero-order chi connectivity index (χ0) is 21.7. The molecule has 0 aliphatic carbocycles. The minimum absolute atomic E-state index is 0.0329. The summed E-state index contributed by atoms with van der Waals surface area (Å²) >= 11 is 0. The molecule has 30 heavy (non-hydrogen) atoms. The lowest BCUT2D eigenvalue weighted by Gasteiger charge is -2.15. The fourth-order valence-electron chi connectivity index (χ4n) is 2.62. The smallest absolute Gasteiger partial charge is 0.241 e. The first kappa shape index (κ1) is 20.6. The highest BCUT2D eigenvalue weighted by molar-refractivity contribution is 6.10. The summed E-state index contributed by atoms with van der Waals surface area (Å²) in [5, 5.41) is 5.25. The molecule has 10 heteroatoms. The van der Waals surface area contributed by atoms with Gasteiger partial charge in [-0.3, -0.25) is 9.59 Å². The summed E-state index contributed by atoms with van der Waals surface area (Å²) in [6.07, 6.45) is 1.25. The van der Waals surface area contributed by atoms with Crippen molar-refractivity contribution in [1.82, 2.24) is 9.97 Å². The molecule has 0 bridgehead atoms. The maximum absolute atomic E-state index is 14.6. The monoisotopic (exact) mass is 413 g/mol. The summed E-state index contributed by atoms with van der Waals surface area (Å²) in [7, 11) is 1.66. The number of hydrogen-bond acceptors (Lipinski definition) is 6. The van der Waals surface area contributed by atoms with Gasteiger partial charge in [0.25, 0.3) is 0 Å². The predicted molar refractivity (Wildman–Crippen MR) is 105 cm³/mol. The van der Waals surface area contributed by atoms with Crippen LogP contribution in [-0.4, -0.2) is 28.8 Å². The molecular formula is C20H17F2N5O3. The fourth-order valence-corrected chi connectivity index (χ4v) is 2.62. The lowest BCUT2D eigenvalue weighted by Crippen LogP contribution is -2.32. The number of carbonyl (C=O) groups excluding carboxylic acids is 2. The van der Waals surface area contributed by atoms with E-state index in [9.17, 15) is 18.4 Å². The van der Waals surface area contributed by atoms with E-state index in [1.807, 2.05) is 0 Å². The van der Waals surface area contributed by atoms with Crippen LogP contribution in [0.3, 0.4) is 0 Å². The molecule has 2 aromatic carbocycles. The van der Waals surface area contributed by atoms with Gasteiger partial charge in [-0.15, -0.1) is 0 Å². The molecule has 1 unspecified atom stereocenters. The van der Waals surface area contributed by atoms with Crippen molar-refractivity contribution in [1.29, 1.82) is 0 Å². The van der Waals surface area contributed by atoms with Crippen molar-refractivity contribution in [3.8, 4) is 11.6 Å². The highest BCUT2D eigenvalue weighted by atomic mass is 19.1. The first-order valence-corrected chi connectivity index (χ1v) is 8.70. The Morgan fingerprint density at radius 2 is 1.80 bits per heavy atom. The van der Waals surface area contributed by atoms with Crippen LogP contribution in [0.4, 0.5) is 20.3 Å². The third-order valence-corrected chi connectivity index (χ3v) is 4.06. The molecule has 1 aromatic heterocycles. The van der Waals surface area contributed by atoms with Gasteiger partial charge in [0, 0.05) is 18.8 Å². The molecule has 154 valence electrons. The fraction of sp³-hybridized carbons (Fsp3) is 0.100. The number of aromatic nitrogens is 2. The quantitative estimate of drug-likeness (QED) is 0.513. The summed E-state index contributed by atoms with van der Waals surface area (Å²) in [6.45, 7) is 0. The van der Waals surface area contributed by atoms with Crippen molar-refractivity contribution >= 4 is 23.3 Å². The third-order valence-electron chi connectivity index (χ3n) is 4.06. The number of halogens is 2. The highest BCUT2D eigenvalue weighted by Crippen LogP contribution is 2.28. The van der Waals surface area contributed by atoms with Gasteiger partial charge in [-0.05, 0) is 42.0 Å². The molecule has 0 fully saturated rings. The third kappa shape index (κ3) is 4.85. The number of nitrogens with one attached hydrogen (secondary N) is 2. The van der Waals surface area contributed by atoms with E-state index in [0.717, 1.165) is 18.2 Å². The second-order valence-electron chi connectivity index (χ2n) is 6.11. The molecule has 8 nitrogen and oxygen atoms in total. The first-order chi connectivity index (χ1) is 14.4. The predicted octanol–water partition coefficient (Wildman–Crippen LogP) is 2.80. The van der Waals surface area contributed by atoms with Gasteiger partial charge >= 0.3 is 0 Å². The van der Waals surface area contributed by atoms with Gasteiger partial charge in [0.1, 0.15) is 23.9 Å². The molecule has 4 N–H and O–H groups in total. The average molecular weight is 413 g/mol. The number of nitrogens with two attached hydrogens (primary N) is 1. The Labute approximate surface area is 170 Å². The summed E-state index contributed by atoms with van der Waals surface area (Å²) in [5.74, 6) is -4.12. The molecule has 3 rings (SSSR count). The zero-order valence-corrected chi connectivity index (χ0v) is 15.7. The largest absolute Gasteiger partial charge is 0.436 e. The number of ether oxygens (including phenoxy) is 1.